The van der Waals surface area contributed by atoms with Gasteiger partial charge in [0.2, 0.25) is 0 Å². The molecule has 0 bridgehead atoms. The Bertz CT molecular complexity index is 225. The van der Waals surface area contributed by atoms with Crippen molar-refractivity contribution in [3.8, 4) is 0 Å². The van der Waals surface area contributed by atoms with Crippen molar-refractivity contribution < 1.29 is 9.53 Å². The van der Waals surface area contributed by atoms with Crippen LogP contribution in [0.15, 0.2) is 0 Å². The first kappa shape index (κ1) is 15.6. The number of hydrogen-bond donors (Lipinski definition) is 1. The maximum Gasteiger partial charge on any atom is 0.158 e. The van der Waals surface area contributed by atoms with E-state index in [9.17, 15) is 4.79 Å². The number of rotatable bonds is 9. The first-order valence-corrected chi connectivity index (χ1v) is 7.60. The number of unbranched alkanes of at least 4 members (excludes halogenated alkanes) is 1. The van der Waals surface area contributed by atoms with Crippen molar-refractivity contribution in [2.24, 2.45) is 5.92 Å². The summed E-state index contributed by atoms with van der Waals surface area (Å²) in [5.41, 5.74) is 0. The van der Waals surface area contributed by atoms with Crippen molar-refractivity contribution in [3.63, 3.8) is 0 Å². The van der Waals surface area contributed by atoms with Gasteiger partial charge in [0.15, 0.2) is 5.78 Å². The molecule has 1 unspecified atom stereocenters. The SMILES string of the molecule is CCCCC(CC)CC(=O)COC1CCNCC1. The molecule has 1 atom stereocenters. The summed E-state index contributed by atoms with van der Waals surface area (Å²) in [6.07, 6.45) is 7.84. The van der Waals surface area contributed by atoms with Gasteiger partial charge in [-0.2, -0.15) is 0 Å². The second-order valence-electron chi connectivity index (χ2n) is 5.42. The zero-order valence-electron chi connectivity index (χ0n) is 12.0. The Morgan fingerprint density at radius 1 is 1.33 bits per heavy atom. The number of piperidine rings is 1. The van der Waals surface area contributed by atoms with Crippen LogP contribution < -0.4 is 5.32 Å². The molecule has 0 saturated carbocycles. The lowest BCUT2D eigenvalue weighted by molar-refractivity contribution is -0.127. The van der Waals surface area contributed by atoms with E-state index in [0.29, 0.717) is 25.0 Å². The second-order valence-corrected chi connectivity index (χ2v) is 5.42. The first-order chi connectivity index (χ1) is 8.76. The third-order valence-electron chi connectivity index (χ3n) is 3.83. The van der Waals surface area contributed by atoms with Crippen molar-refractivity contribution >= 4 is 5.78 Å². The van der Waals surface area contributed by atoms with Gasteiger partial charge in [-0.3, -0.25) is 4.79 Å². The smallest absolute Gasteiger partial charge is 0.158 e. The van der Waals surface area contributed by atoms with Gasteiger partial charge in [0.05, 0.1) is 6.10 Å². The lowest BCUT2D eigenvalue weighted by Crippen LogP contribution is -2.33. The molecular formula is C15H29NO2. The van der Waals surface area contributed by atoms with E-state index in [1.165, 1.54) is 19.3 Å². The molecule has 0 aliphatic carbocycles. The predicted octanol–water partition coefficient (Wildman–Crippen LogP) is 2.93. The third-order valence-corrected chi connectivity index (χ3v) is 3.83. The summed E-state index contributed by atoms with van der Waals surface area (Å²) < 4.78 is 5.71. The second kappa shape index (κ2) is 9.51. The number of ketones is 1. The molecule has 0 spiro atoms. The Morgan fingerprint density at radius 3 is 2.67 bits per heavy atom. The van der Waals surface area contributed by atoms with Crippen LogP contribution >= 0.6 is 0 Å². The van der Waals surface area contributed by atoms with E-state index >= 15 is 0 Å². The summed E-state index contributed by atoms with van der Waals surface area (Å²) in [7, 11) is 0. The van der Waals surface area contributed by atoms with Gasteiger partial charge >= 0.3 is 0 Å². The number of hydrogen-bond acceptors (Lipinski definition) is 3. The van der Waals surface area contributed by atoms with Crippen LogP contribution in [0.5, 0.6) is 0 Å². The van der Waals surface area contributed by atoms with Crippen molar-refractivity contribution in [3.05, 3.63) is 0 Å². The predicted molar refractivity (Wildman–Crippen MR) is 74.8 cm³/mol. The molecule has 0 aromatic rings. The fourth-order valence-electron chi connectivity index (χ4n) is 2.50. The molecule has 0 radical (unpaired) electrons. The Kier molecular flexibility index (Phi) is 8.27. The van der Waals surface area contributed by atoms with Crippen molar-refractivity contribution in [2.45, 2.75) is 64.9 Å². The summed E-state index contributed by atoms with van der Waals surface area (Å²) in [4.78, 5) is 11.9. The Hall–Kier alpha value is -0.410. The molecule has 1 saturated heterocycles. The molecule has 3 heteroatoms. The fourth-order valence-corrected chi connectivity index (χ4v) is 2.50. The minimum absolute atomic E-state index is 0.288. The lowest BCUT2D eigenvalue weighted by atomic mass is 9.94. The third kappa shape index (κ3) is 6.50. The summed E-state index contributed by atoms with van der Waals surface area (Å²) in [5, 5.41) is 3.30. The largest absolute Gasteiger partial charge is 0.370 e. The monoisotopic (exact) mass is 255 g/mol. The maximum atomic E-state index is 11.9. The van der Waals surface area contributed by atoms with Gasteiger partial charge in [-0.25, -0.2) is 0 Å². The molecule has 0 aromatic carbocycles. The van der Waals surface area contributed by atoms with Crippen LogP contribution in [0.4, 0.5) is 0 Å². The normalized spacial score (nSPS) is 18.8. The molecule has 18 heavy (non-hydrogen) atoms. The van der Waals surface area contributed by atoms with Crippen LogP contribution in [-0.2, 0) is 9.53 Å². The van der Waals surface area contributed by atoms with E-state index < -0.39 is 0 Å². The fraction of sp³-hybridized carbons (Fsp3) is 0.933. The first-order valence-electron chi connectivity index (χ1n) is 7.60. The highest BCUT2D eigenvalue weighted by Gasteiger charge is 2.16. The van der Waals surface area contributed by atoms with E-state index in [-0.39, 0.29) is 5.78 Å². The molecule has 1 rings (SSSR count). The molecule has 106 valence electrons. The maximum absolute atomic E-state index is 11.9. The molecule has 1 aliphatic rings. The molecule has 0 aromatic heterocycles. The summed E-state index contributed by atoms with van der Waals surface area (Å²) in [6.45, 7) is 6.75. The minimum Gasteiger partial charge on any atom is -0.370 e. The van der Waals surface area contributed by atoms with Gasteiger partial charge in [0, 0.05) is 6.42 Å². The van der Waals surface area contributed by atoms with Gasteiger partial charge in [-0.1, -0.05) is 39.5 Å². The Labute approximate surface area is 112 Å². The average molecular weight is 255 g/mol. The lowest BCUT2D eigenvalue weighted by Gasteiger charge is -2.23. The van der Waals surface area contributed by atoms with E-state index in [2.05, 4.69) is 19.2 Å². The molecule has 1 N–H and O–H groups in total. The van der Waals surface area contributed by atoms with Crippen LogP contribution in [0.1, 0.15) is 58.8 Å². The Morgan fingerprint density at radius 2 is 2.06 bits per heavy atom. The quantitative estimate of drug-likeness (QED) is 0.688. The van der Waals surface area contributed by atoms with Crippen LogP contribution in [0.3, 0.4) is 0 Å². The molecule has 1 fully saturated rings. The molecular weight excluding hydrogens is 226 g/mol. The average Bonchev–Trinajstić information content (AvgIpc) is 2.42. The number of carbonyl (C=O) groups excluding carboxylic acids is 1. The molecule has 1 aliphatic heterocycles. The van der Waals surface area contributed by atoms with Gasteiger partial charge in [0.25, 0.3) is 0 Å². The standard InChI is InChI=1S/C15H29NO2/c1-3-5-6-13(4-2)11-14(17)12-18-15-7-9-16-10-8-15/h13,15-16H,3-12H2,1-2H3. The molecule has 3 nitrogen and oxygen atoms in total. The zero-order chi connectivity index (χ0) is 13.2. The summed E-state index contributed by atoms with van der Waals surface area (Å²) in [6, 6.07) is 0. The molecule has 1 heterocycles. The van der Waals surface area contributed by atoms with Gasteiger partial charge < -0.3 is 10.1 Å². The zero-order valence-corrected chi connectivity index (χ0v) is 12.0. The van der Waals surface area contributed by atoms with E-state index in [4.69, 9.17) is 4.74 Å². The summed E-state index contributed by atoms with van der Waals surface area (Å²) >= 11 is 0. The van der Waals surface area contributed by atoms with E-state index in [0.717, 1.165) is 32.4 Å². The number of Topliss-reactive ketones (excluding diaryl/α,β-unsaturated/α-hetero) is 1. The summed E-state index contributed by atoms with van der Waals surface area (Å²) in [5.74, 6) is 0.852. The van der Waals surface area contributed by atoms with Crippen molar-refractivity contribution in [1.82, 2.24) is 5.32 Å². The number of nitrogens with one attached hydrogen (secondary N) is 1. The van der Waals surface area contributed by atoms with Gasteiger partial charge in [-0.05, 0) is 31.8 Å². The van der Waals surface area contributed by atoms with Crippen LogP contribution in [-0.4, -0.2) is 31.6 Å². The van der Waals surface area contributed by atoms with Crippen LogP contribution in [0, 0.1) is 5.92 Å². The van der Waals surface area contributed by atoms with Crippen LogP contribution in [0.2, 0.25) is 0 Å². The highest BCUT2D eigenvalue weighted by Crippen LogP contribution is 2.17. The van der Waals surface area contributed by atoms with Crippen LogP contribution in [0.25, 0.3) is 0 Å². The van der Waals surface area contributed by atoms with E-state index in [1.54, 1.807) is 0 Å². The number of carbonyl (C=O) groups is 1. The topological polar surface area (TPSA) is 38.3 Å². The molecule has 0 amide bonds. The Balaban J connectivity index is 2.14. The van der Waals surface area contributed by atoms with E-state index in [1.807, 2.05) is 0 Å². The highest BCUT2D eigenvalue weighted by atomic mass is 16.5. The van der Waals surface area contributed by atoms with Gasteiger partial charge in [0.1, 0.15) is 6.61 Å². The van der Waals surface area contributed by atoms with Gasteiger partial charge in [-0.15, -0.1) is 0 Å². The minimum atomic E-state index is 0.288. The van der Waals surface area contributed by atoms with Crippen molar-refractivity contribution in [2.75, 3.05) is 19.7 Å². The number of ether oxygens (including phenoxy) is 1. The highest BCUT2D eigenvalue weighted by molar-refractivity contribution is 5.79. The van der Waals surface area contributed by atoms with Crippen molar-refractivity contribution in [1.29, 1.82) is 0 Å².